The van der Waals surface area contributed by atoms with Crippen molar-refractivity contribution in [1.29, 1.82) is 5.26 Å². The molecular weight excluding hydrogens is 440 g/mol. The van der Waals surface area contributed by atoms with Gasteiger partial charge in [0.1, 0.15) is 11.6 Å². The molecule has 174 valence electrons. The molecule has 0 radical (unpaired) electrons. The summed E-state index contributed by atoms with van der Waals surface area (Å²) in [4.78, 5) is 0. The van der Waals surface area contributed by atoms with Crippen molar-refractivity contribution in [3.63, 3.8) is 0 Å². The van der Waals surface area contributed by atoms with Crippen LogP contribution in [-0.2, 0) is 0 Å². The number of fused-ring (bicyclic) bond motifs is 1. The highest BCUT2D eigenvalue weighted by Crippen LogP contribution is 2.46. The Morgan fingerprint density at radius 3 is 2.40 bits per heavy atom. The van der Waals surface area contributed by atoms with E-state index in [1.807, 2.05) is 67.6 Å². The number of ether oxygens (including phenoxy) is 3. The third-order valence-corrected chi connectivity index (χ3v) is 6.04. The molecule has 3 N–H and O–H groups in total. The first-order valence-corrected chi connectivity index (χ1v) is 11.3. The molecule has 0 spiro atoms. The second-order valence-corrected chi connectivity index (χ2v) is 8.03. The van der Waals surface area contributed by atoms with Crippen LogP contribution in [0.4, 0.5) is 0 Å². The Bertz CT molecular complexity index is 1430. The molecule has 5 rings (SSSR count). The Morgan fingerprint density at radius 2 is 1.71 bits per heavy atom. The number of aromatic amines is 1. The molecule has 1 aromatic heterocycles. The fraction of sp³-hybridized carbons (Fsp3) is 0.143. The van der Waals surface area contributed by atoms with Crippen LogP contribution in [0.15, 0.2) is 84.3 Å². The highest BCUT2D eigenvalue weighted by atomic mass is 16.5. The first kappa shape index (κ1) is 22.1. The molecule has 7 nitrogen and oxygen atoms in total. The van der Waals surface area contributed by atoms with Crippen LogP contribution in [0.5, 0.6) is 17.4 Å². The molecule has 0 aliphatic carbocycles. The average Bonchev–Trinajstić information content (AvgIpc) is 3.32. The van der Waals surface area contributed by atoms with Crippen molar-refractivity contribution in [1.82, 2.24) is 10.2 Å². The van der Waals surface area contributed by atoms with Crippen molar-refractivity contribution < 1.29 is 14.2 Å². The molecule has 7 heteroatoms. The molecule has 0 bridgehead atoms. The average molecular weight is 465 g/mol. The second kappa shape index (κ2) is 9.27. The molecule has 0 amide bonds. The number of nitriles is 1. The molecule has 0 fully saturated rings. The van der Waals surface area contributed by atoms with Crippen molar-refractivity contribution in [2.24, 2.45) is 5.73 Å². The molecule has 4 aromatic rings. The predicted molar refractivity (Wildman–Crippen MR) is 133 cm³/mol. The number of allylic oxidation sites excluding steroid dienone is 1. The van der Waals surface area contributed by atoms with Crippen LogP contribution in [0.25, 0.3) is 22.4 Å². The summed E-state index contributed by atoms with van der Waals surface area (Å²) in [5, 5.41) is 17.4. The molecular formula is C28H24N4O3. The topological polar surface area (TPSA) is 106 Å². The highest BCUT2D eigenvalue weighted by molar-refractivity contribution is 5.73. The number of nitrogens with one attached hydrogen (secondary N) is 1. The molecule has 1 atom stereocenters. The lowest BCUT2D eigenvalue weighted by Crippen LogP contribution is -2.21. The van der Waals surface area contributed by atoms with Gasteiger partial charge in [-0.3, -0.25) is 5.10 Å². The maximum atomic E-state index is 9.99. The number of H-pyrrole nitrogens is 1. The van der Waals surface area contributed by atoms with E-state index < -0.39 is 5.92 Å². The van der Waals surface area contributed by atoms with Gasteiger partial charge in [-0.25, -0.2) is 0 Å². The van der Waals surface area contributed by atoms with Crippen molar-refractivity contribution in [3.05, 3.63) is 95.4 Å². The van der Waals surface area contributed by atoms with Crippen LogP contribution in [-0.4, -0.2) is 23.9 Å². The maximum absolute atomic E-state index is 9.99. The fourth-order valence-electron chi connectivity index (χ4n) is 4.39. The number of methoxy groups -OCH3 is 1. The van der Waals surface area contributed by atoms with Gasteiger partial charge < -0.3 is 19.9 Å². The lowest BCUT2D eigenvalue weighted by Gasteiger charge is -2.24. The lowest BCUT2D eigenvalue weighted by molar-refractivity contribution is 0.311. The first-order valence-electron chi connectivity index (χ1n) is 11.3. The summed E-state index contributed by atoms with van der Waals surface area (Å²) < 4.78 is 16.9. The van der Waals surface area contributed by atoms with E-state index in [0.717, 1.165) is 33.5 Å². The number of benzene rings is 3. The number of rotatable bonds is 6. The summed E-state index contributed by atoms with van der Waals surface area (Å²) in [6.07, 6.45) is 0. The SMILES string of the molecule is CCOc1ccc(-c2[nH]nc3c2[C@H](c2ccc(-c4ccccc4)cc2)C(C#N)=C(N)O3)cc1OC. The van der Waals surface area contributed by atoms with E-state index >= 15 is 0 Å². The van der Waals surface area contributed by atoms with E-state index in [2.05, 4.69) is 28.4 Å². The highest BCUT2D eigenvalue weighted by Gasteiger charge is 2.35. The smallest absolute Gasteiger partial charge is 0.244 e. The number of nitrogens with zero attached hydrogens (tertiary/aromatic N) is 2. The Hall–Kier alpha value is -4.70. The van der Waals surface area contributed by atoms with Gasteiger partial charge in [0.15, 0.2) is 11.5 Å². The van der Waals surface area contributed by atoms with E-state index in [-0.39, 0.29) is 5.88 Å². The zero-order chi connectivity index (χ0) is 24.4. The Kier molecular flexibility index (Phi) is 5.86. The summed E-state index contributed by atoms with van der Waals surface area (Å²) in [6, 6.07) is 26.2. The first-order chi connectivity index (χ1) is 17.1. The number of hydrogen-bond donors (Lipinski definition) is 2. The minimum Gasteiger partial charge on any atom is -0.493 e. The monoisotopic (exact) mass is 464 g/mol. The molecule has 35 heavy (non-hydrogen) atoms. The van der Waals surface area contributed by atoms with E-state index in [1.54, 1.807) is 7.11 Å². The summed E-state index contributed by atoms with van der Waals surface area (Å²) in [7, 11) is 1.60. The summed E-state index contributed by atoms with van der Waals surface area (Å²) >= 11 is 0. The van der Waals surface area contributed by atoms with E-state index in [9.17, 15) is 5.26 Å². The maximum Gasteiger partial charge on any atom is 0.244 e. The van der Waals surface area contributed by atoms with Crippen molar-refractivity contribution in [2.75, 3.05) is 13.7 Å². The van der Waals surface area contributed by atoms with Crippen LogP contribution in [0.3, 0.4) is 0 Å². The molecule has 1 aliphatic heterocycles. The van der Waals surface area contributed by atoms with E-state index in [4.69, 9.17) is 19.9 Å². The molecule has 0 unspecified atom stereocenters. The van der Waals surface area contributed by atoms with Gasteiger partial charge in [-0.15, -0.1) is 5.10 Å². The summed E-state index contributed by atoms with van der Waals surface area (Å²) in [5.41, 5.74) is 11.9. The van der Waals surface area contributed by atoms with Gasteiger partial charge in [-0.2, -0.15) is 5.26 Å². The Labute approximate surface area is 203 Å². The van der Waals surface area contributed by atoms with Crippen LogP contribution in [0.2, 0.25) is 0 Å². The largest absolute Gasteiger partial charge is 0.493 e. The van der Waals surface area contributed by atoms with Gasteiger partial charge >= 0.3 is 0 Å². The van der Waals surface area contributed by atoms with Crippen LogP contribution < -0.4 is 19.9 Å². The molecule has 0 saturated heterocycles. The third-order valence-electron chi connectivity index (χ3n) is 6.04. The quantitative estimate of drug-likeness (QED) is 0.397. The van der Waals surface area contributed by atoms with Gasteiger partial charge in [0.2, 0.25) is 11.8 Å². The van der Waals surface area contributed by atoms with Gasteiger partial charge in [-0.1, -0.05) is 54.6 Å². The van der Waals surface area contributed by atoms with Crippen LogP contribution in [0.1, 0.15) is 24.0 Å². The Morgan fingerprint density at radius 1 is 1.00 bits per heavy atom. The molecule has 3 aromatic carbocycles. The standard InChI is InChI=1S/C28H24N4O3/c1-3-34-22-14-13-20(15-23(22)33-2)26-25-24(21(16-29)27(30)35-28(25)32-31-26)19-11-9-18(10-12-19)17-7-5-4-6-8-17/h4-15,24H,3,30H2,1-2H3,(H,31,32)/t24-/m1/s1. The van der Waals surface area contributed by atoms with Crippen molar-refractivity contribution >= 4 is 0 Å². The normalized spacial score (nSPS) is 14.6. The van der Waals surface area contributed by atoms with Crippen molar-refractivity contribution in [2.45, 2.75) is 12.8 Å². The van der Waals surface area contributed by atoms with E-state index in [1.165, 1.54) is 0 Å². The Balaban J connectivity index is 1.62. The van der Waals surface area contributed by atoms with E-state index in [0.29, 0.717) is 29.6 Å². The minimum absolute atomic E-state index is 0.0551. The van der Waals surface area contributed by atoms with Crippen molar-refractivity contribution in [3.8, 4) is 45.8 Å². The molecule has 1 aliphatic rings. The molecule has 0 saturated carbocycles. The van der Waals surface area contributed by atoms with Gasteiger partial charge in [0.05, 0.1) is 30.9 Å². The number of aromatic nitrogens is 2. The molecule has 2 heterocycles. The summed E-state index contributed by atoms with van der Waals surface area (Å²) in [6.45, 7) is 2.45. The van der Waals surface area contributed by atoms with Gasteiger partial charge in [0, 0.05) is 5.56 Å². The van der Waals surface area contributed by atoms with Crippen LogP contribution in [0, 0.1) is 11.3 Å². The lowest BCUT2D eigenvalue weighted by atomic mass is 9.82. The predicted octanol–water partition coefficient (Wildman–Crippen LogP) is 5.37. The van der Waals surface area contributed by atoms with Crippen LogP contribution >= 0.6 is 0 Å². The second-order valence-electron chi connectivity index (χ2n) is 8.03. The zero-order valence-electron chi connectivity index (χ0n) is 19.4. The zero-order valence-corrected chi connectivity index (χ0v) is 19.4. The number of nitrogens with two attached hydrogens (primary N) is 1. The van der Waals surface area contributed by atoms with Gasteiger partial charge in [-0.05, 0) is 41.8 Å². The number of hydrogen-bond acceptors (Lipinski definition) is 6. The minimum atomic E-state index is -0.445. The fourth-order valence-corrected chi connectivity index (χ4v) is 4.39. The summed E-state index contributed by atoms with van der Waals surface area (Å²) in [5.74, 6) is 1.21. The third kappa shape index (κ3) is 3.96. The van der Waals surface area contributed by atoms with Gasteiger partial charge in [0.25, 0.3) is 0 Å².